The molecule has 154 valence electrons. The molecule has 0 radical (unpaired) electrons. The van der Waals surface area contributed by atoms with Crippen LogP contribution in [0, 0.1) is 0 Å². The van der Waals surface area contributed by atoms with E-state index >= 15 is 0 Å². The summed E-state index contributed by atoms with van der Waals surface area (Å²) in [5.74, 6) is 0.429. The van der Waals surface area contributed by atoms with Crippen molar-refractivity contribution in [3.05, 3.63) is 74.4 Å². The van der Waals surface area contributed by atoms with Gasteiger partial charge >= 0.3 is 0 Å². The smallest absolute Gasteiger partial charge is 0.258 e. The maximum absolute atomic E-state index is 13.7. The molecule has 1 aliphatic rings. The summed E-state index contributed by atoms with van der Waals surface area (Å²) in [7, 11) is 3.06. The van der Waals surface area contributed by atoms with E-state index in [2.05, 4.69) is 21.2 Å². The van der Waals surface area contributed by atoms with Gasteiger partial charge in [-0.2, -0.15) is 0 Å². The topological polar surface area (TPSA) is 67.9 Å². The average molecular weight is 487 g/mol. The Balaban J connectivity index is 1.86. The number of nitrogens with one attached hydrogen (secondary N) is 1. The lowest BCUT2D eigenvalue weighted by Crippen LogP contribution is -2.38. The van der Waals surface area contributed by atoms with Gasteiger partial charge in [0.15, 0.2) is 0 Å². The number of amides is 2. The van der Waals surface area contributed by atoms with E-state index in [1.165, 1.54) is 7.11 Å². The Morgan fingerprint density at radius 1 is 1.17 bits per heavy atom. The summed E-state index contributed by atoms with van der Waals surface area (Å²) in [6.45, 7) is -0.0805. The van der Waals surface area contributed by atoms with E-state index in [0.717, 1.165) is 14.9 Å². The minimum absolute atomic E-state index is 0.0805. The van der Waals surface area contributed by atoms with Gasteiger partial charge in [-0.1, -0.05) is 22.0 Å². The van der Waals surface area contributed by atoms with Gasteiger partial charge in [0.1, 0.15) is 18.0 Å². The number of hydrogen-bond donors (Lipinski definition) is 1. The van der Waals surface area contributed by atoms with Crippen molar-refractivity contribution in [2.24, 2.45) is 0 Å². The average Bonchev–Trinajstić information content (AvgIpc) is 3.23. The van der Waals surface area contributed by atoms with E-state index in [-0.39, 0.29) is 18.4 Å². The zero-order valence-corrected chi connectivity index (χ0v) is 18.7. The first-order valence-corrected chi connectivity index (χ1v) is 10.8. The third-order valence-corrected chi connectivity index (χ3v) is 6.34. The van der Waals surface area contributed by atoms with Crippen LogP contribution in [0.15, 0.2) is 58.4 Å². The predicted molar refractivity (Wildman–Crippen MR) is 120 cm³/mol. The lowest BCUT2D eigenvalue weighted by molar-refractivity contribution is -0.117. The molecule has 1 unspecified atom stereocenters. The lowest BCUT2D eigenvalue weighted by Gasteiger charge is -2.30. The van der Waals surface area contributed by atoms with Crippen LogP contribution in [-0.2, 0) is 4.79 Å². The Morgan fingerprint density at radius 2 is 2.00 bits per heavy atom. The summed E-state index contributed by atoms with van der Waals surface area (Å²) >= 11 is 5.06. The largest absolute Gasteiger partial charge is 0.497 e. The second-order valence-electron chi connectivity index (χ2n) is 6.70. The molecule has 1 N–H and O–H groups in total. The quantitative estimate of drug-likeness (QED) is 0.579. The van der Waals surface area contributed by atoms with Gasteiger partial charge in [-0.15, -0.1) is 11.3 Å². The molecular formula is C22H19BrN2O4S. The van der Waals surface area contributed by atoms with Crippen LogP contribution in [0.3, 0.4) is 0 Å². The van der Waals surface area contributed by atoms with E-state index in [4.69, 9.17) is 9.47 Å². The number of carbonyl (C=O) groups is 2. The number of hydrogen-bond acceptors (Lipinski definition) is 5. The monoisotopic (exact) mass is 486 g/mol. The van der Waals surface area contributed by atoms with Crippen LogP contribution in [0.4, 0.5) is 5.69 Å². The second kappa shape index (κ2) is 8.49. The minimum Gasteiger partial charge on any atom is -0.497 e. The predicted octanol–water partition coefficient (Wildman–Crippen LogP) is 4.71. The Hall–Kier alpha value is -2.84. The fraction of sp³-hybridized carbons (Fsp3) is 0.182. The van der Waals surface area contributed by atoms with Gasteiger partial charge in [0.25, 0.3) is 5.91 Å². The van der Waals surface area contributed by atoms with Crippen molar-refractivity contribution in [3.63, 3.8) is 0 Å². The number of fused-ring (bicyclic) bond motifs is 1. The van der Waals surface area contributed by atoms with Crippen molar-refractivity contribution in [1.29, 1.82) is 0 Å². The SMILES string of the molecule is COc1ccc(C(=O)N2CC(=O)Nc3ccc(Br)cc3C2c2cccs2)c(OC)c1. The summed E-state index contributed by atoms with van der Waals surface area (Å²) in [5.41, 5.74) is 1.91. The van der Waals surface area contributed by atoms with Crippen molar-refractivity contribution < 1.29 is 19.1 Å². The number of benzene rings is 2. The van der Waals surface area contributed by atoms with Gasteiger partial charge in [0.2, 0.25) is 5.91 Å². The van der Waals surface area contributed by atoms with Crippen LogP contribution in [0.25, 0.3) is 0 Å². The Kier molecular flexibility index (Phi) is 5.78. The molecule has 0 saturated carbocycles. The molecule has 3 aromatic rings. The van der Waals surface area contributed by atoms with E-state index < -0.39 is 6.04 Å². The second-order valence-corrected chi connectivity index (χ2v) is 8.59. The van der Waals surface area contributed by atoms with E-state index in [0.29, 0.717) is 22.7 Å². The molecule has 0 fully saturated rings. The van der Waals surface area contributed by atoms with Gasteiger partial charge in [-0.25, -0.2) is 0 Å². The van der Waals surface area contributed by atoms with Crippen LogP contribution in [0.5, 0.6) is 11.5 Å². The molecule has 0 spiro atoms. The summed E-state index contributed by atoms with van der Waals surface area (Å²) in [5, 5.41) is 4.89. The fourth-order valence-electron chi connectivity index (χ4n) is 3.55. The molecule has 30 heavy (non-hydrogen) atoms. The molecule has 2 aromatic carbocycles. The summed E-state index contributed by atoms with van der Waals surface area (Å²) < 4.78 is 11.5. The van der Waals surface area contributed by atoms with E-state index in [9.17, 15) is 9.59 Å². The molecule has 0 aliphatic carbocycles. The van der Waals surface area contributed by atoms with E-state index in [1.807, 2.05) is 35.7 Å². The zero-order chi connectivity index (χ0) is 21.3. The molecule has 4 rings (SSSR count). The molecule has 0 bridgehead atoms. The van der Waals surface area contributed by atoms with Crippen LogP contribution in [-0.4, -0.2) is 37.5 Å². The summed E-state index contributed by atoms with van der Waals surface area (Å²) in [6.07, 6.45) is 0. The Labute approximate surface area is 186 Å². The molecule has 1 aliphatic heterocycles. The number of carbonyl (C=O) groups excluding carboxylic acids is 2. The van der Waals surface area contributed by atoms with E-state index in [1.54, 1.807) is 41.5 Å². The van der Waals surface area contributed by atoms with Crippen molar-refractivity contribution in [1.82, 2.24) is 4.90 Å². The van der Waals surface area contributed by atoms with Crippen LogP contribution < -0.4 is 14.8 Å². The molecule has 6 nitrogen and oxygen atoms in total. The first kappa shape index (κ1) is 20.4. The van der Waals surface area contributed by atoms with Crippen LogP contribution in [0.2, 0.25) is 0 Å². The Morgan fingerprint density at radius 3 is 2.70 bits per heavy atom. The number of rotatable bonds is 4. The highest BCUT2D eigenvalue weighted by Crippen LogP contribution is 2.40. The minimum atomic E-state index is -0.421. The summed E-state index contributed by atoms with van der Waals surface area (Å²) in [6, 6.07) is 14.2. The third kappa shape index (κ3) is 3.80. The van der Waals surface area contributed by atoms with Gasteiger partial charge in [-0.05, 0) is 41.8 Å². The molecule has 1 aromatic heterocycles. The molecule has 8 heteroatoms. The number of halogens is 1. The van der Waals surface area contributed by atoms with Crippen molar-refractivity contribution in [2.75, 3.05) is 26.1 Å². The van der Waals surface area contributed by atoms with Gasteiger partial charge in [0.05, 0.1) is 25.8 Å². The maximum atomic E-state index is 13.7. The molecule has 1 atom stereocenters. The molecular weight excluding hydrogens is 468 g/mol. The molecule has 2 heterocycles. The first-order valence-electron chi connectivity index (χ1n) is 9.17. The normalized spacial score (nSPS) is 15.8. The number of anilines is 1. The number of nitrogens with zero attached hydrogens (tertiary/aromatic N) is 1. The highest BCUT2D eigenvalue weighted by atomic mass is 79.9. The number of ether oxygens (including phenoxy) is 2. The molecule has 0 saturated heterocycles. The number of methoxy groups -OCH3 is 2. The number of thiophene rings is 1. The lowest BCUT2D eigenvalue weighted by atomic mass is 10.0. The van der Waals surface area contributed by atoms with Gasteiger partial charge in [0, 0.05) is 26.7 Å². The highest BCUT2D eigenvalue weighted by molar-refractivity contribution is 9.10. The van der Waals surface area contributed by atoms with Crippen molar-refractivity contribution in [2.45, 2.75) is 6.04 Å². The zero-order valence-electron chi connectivity index (χ0n) is 16.3. The first-order chi connectivity index (χ1) is 14.5. The fourth-order valence-corrected chi connectivity index (χ4v) is 4.78. The summed E-state index contributed by atoms with van der Waals surface area (Å²) in [4.78, 5) is 28.9. The van der Waals surface area contributed by atoms with Gasteiger partial charge in [-0.3, -0.25) is 9.59 Å². The van der Waals surface area contributed by atoms with Crippen LogP contribution >= 0.6 is 27.3 Å². The highest BCUT2D eigenvalue weighted by Gasteiger charge is 2.35. The van der Waals surface area contributed by atoms with Gasteiger partial charge < -0.3 is 19.7 Å². The maximum Gasteiger partial charge on any atom is 0.258 e. The Bertz CT molecular complexity index is 1100. The standard InChI is InChI=1S/C22H19BrN2O4S/c1-28-14-6-7-15(18(11-14)29-2)22(27)25-12-20(26)24-17-8-5-13(23)10-16(17)21(25)19-4-3-9-30-19/h3-11,21H,12H2,1-2H3,(H,24,26). The van der Waals surface area contributed by atoms with Crippen molar-refractivity contribution >= 4 is 44.8 Å². The van der Waals surface area contributed by atoms with Crippen molar-refractivity contribution in [3.8, 4) is 11.5 Å². The molecule has 2 amide bonds. The van der Waals surface area contributed by atoms with Crippen LogP contribution in [0.1, 0.15) is 26.8 Å². The third-order valence-electron chi connectivity index (χ3n) is 4.92.